The van der Waals surface area contributed by atoms with Crippen molar-refractivity contribution in [1.29, 1.82) is 0 Å². The van der Waals surface area contributed by atoms with Gasteiger partial charge < -0.3 is 5.32 Å². The van der Waals surface area contributed by atoms with Gasteiger partial charge in [-0.05, 0) is 60.5 Å². The summed E-state index contributed by atoms with van der Waals surface area (Å²) in [5.41, 5.74) is 8.35. The molecule has 1 heterocycles. The normalized spacial score (nSPS) is 14.5. The molecule has 0 atom stereocenters. The summed E-state index contributed by atoms with van der Waals surface area (Å²) in [5.74, 6) is 0.296. The van der Waals surface area contributed by atoms with Gasteiger partial charge in [-0.25, -0.2) is 9.89 Å². The molecule has 0 bridgehead atoms. The van der Waals surface area contributed by atoms with E-state index in [4.69, 9.17) is 12.2 Å². The molecule has 0 unspecified atom stereocenters. The van der Waals surface area contributed by atoms with Gasteiger partial charge in [-0.1, -0.05) is 72.8 Å². The first kappa shape index (κ1) is 24.0. The number of amidine groups is 1. The number of nitrogens with one attached hydrogen (secondary N) is 2. The number of hydrazone groups is 1. The van der Waals surface area contributed by atoms with Crippen molar-refractivity contribution in [1.82, 2.24) is 10.3 Å². The number of anilines is 1. The Bertz CT molecular complexity index is 1310. The molecule has 0 radical (unpaired) electrons. The van der Waals surface area contributed by atoms with Crippen molar-refractivity contribution >= 4 is 47.1 Å². The van der Waals surface area contributed by atoms with Crippen LogP contribution >= 0.6 is 12.2 Å². The van der Waals surface area contributed by atoms with Crippen molar-refractivity contribution < 1.29 is 4.79 Å². The van der Waals surface area contributed by atoms with Crippen LogP contribution in [0.25, 0.3) is 6.08 Å². The second-order valence-corrected chi connectivity index (χ2v) is 8.52. The fourth-order valence-electron chi connectivity index (χ4n) is 3.67. The molecule has 6 nitrogen and oxygen atoms in total. The zero-order chi connectivity index (χ0) is 24.6. The highest BCUT2D eigenvalue weighted by Gasteiger charge is 2.33. The lowest BCUT2D eigenvalue weighted by molar-refractivity contribution is -0.120. The SMILES string of the molecule is Cc1ccccc1/C=N/NC(=S)N1C(=O)/C(=C\c2ccccc2)N=C1CCNc1ccccc1C. The number of aliphatic imine (C=N–C) groups is 1. The number of nitrogens with zero attached hydrogens (tertiary/aromatic N) is 3. The van der Waals surface area contributed by atoms with Gasteiger partial charge >= 0.3 is 0 Å². The predicted octanol–water partition coefficient (Wildman–Crippen LogP) is 5.30. The van der Waals surface area contributed by atoms with Gasteiger partial charge in [-0.2, -0.15) is 5.10 Å². The molecule has 176 valence electrons. The Labute approximate surface area is 211 Å². The van der Waals surface area contributed by atoms with Gasteiger partial charge in [0.1, 0.15) is 11.5 Å². The topological polar surface area (TPSA) is 69.1 Å². The summed E-state index contributed by atoms with van der Waals surface area (Å²) in [6.45, 7) is 4.66. The number of rotatable bonds is 7. The van der Waals surface area contributed by atoms with Crippen LogP contribution in [0.5, 0.6) is 0 Å². The van der Waals surface area contributed by atoms with Gasteiger partial charge in [-0.3, -0.25) is 10.2 Å². The van der Waals surface area contributed by atoms with Gasteiger partial charge in [0.15, 0.2) is 0 Å². The minimum absolute atomic E-state index is 0.186. The number of amides is 1. The van der Waals surface area contributed by atoms with Gasteiger partial charge in [0.05, 0.1) is 6.21 Å². The Balaban J connectivity index is 1.51. The van der Waals surface area contributed by atoms with Gasteiger partial charge in [0.25, 0.3) is 5.91 Å². The number of aryl methyl sites for hydroxylation is 2. The molecule has 7 heteroatoms. The summed E-state index contributed by atoms with van der Waals surface area (Å²) < 4.78 is 0. The van der Waals surface area contributed by atoms with Crippen LogP contribution in [0.2, 0.25) is 0 Å². The van der Waals surface area contributed by atoms with Crippen molar-refractivity contribution in [3.8, 4) is 0 Å². The highest BCUT2D eigenvalue weighted by molar-refractivity contribution is 7.80. The standard InChI is InChI=1S/C28H27N5OS/c1-20-10-6-8-14-23(20)19-30-32-28(35)33-26(16-17-29-24-15-9-7-11-21(24)2)31-25(27(33)34)18-22-12-4-3-5-13-22/h3-15,18-19,29H,16-17H2,1-2H3,(H,32,35)/b25-18+,30-19+. The maximum Gasteiger partial charge on any atom is 0.284 e. The molecule has 0 saturated heterocycles. The number of benzene rings is 3. The van der Waals surface area contributed by atoms with E-state index in [0.29, 0.717) is 24.5 Å². The number of carbonyl (C=O) groups is 1. The number of hydrogen-bond acceptors (Lipinski definition) is 5. The Hall–Kier alpha value is -4.10. The molecule has 3 aromatic rings. The number of carbonyl (C=O) groups excluding carboxylic acids is 1. The van der Waals surface area contributed by atoms with Crippen molar-refractivity contribution in [2.24, 2.45) is 10.1 Å². The van der Waals surface area contributed by atoms with E-state index in [0.717, 1.165) is 27.9 Å². The van der Waals surface area contributed by atoms with E-state index in [1.165, 1.54) is 4.90 Å². The summed E-state index contributed by atoms with van der Waals surface area (Å²) >= 11 is 5.55. The van der Waals surface area contributed by atoms with Crippen LogP contribution < -0.4 is 10.7 Å². The highest BCUT2D eigenvalue weighted by Crippen LogP contribution is 2.21. The summed E-state index contributed by atoms with van der Waals surface area (Å²) in [5, 5.41) is 7.87. The second kappa shape index (κ2) is 11.4. The summed E-state index contributed by atoms with van der Waals surface area (Å²) in [6, 6.07) is 25.6. The van der Waals surface area contributed by atoms with E-state index in [2.05, 4.69) is 33.8 Å². The van der Waals surface area contributed by atoms with Crippen LogP contribution in [0, 0.1) is 13.8 Å². The van der Waals surface area contributed by atoms with Crippen LogP contribution in [-0.4, -0.2) is 34.5 Å². The summed E-state index contributed by atoms with van der Waals surface area (Å²) in [4.78, 5) is 19.3. The minimum atomic E-state index is -0.275. The molecule has 3 aromatic carbocycles. The molecule has 0 aromatic heterocycles. The number of thiocarbonyl (C=S) groups is 1. The molecular formula is C28H27N5OS. The molecule has 35 heavy (non-hydrogen) atoms. The molecule has 1 amide bonds. The fourth-order valence-corrected chi connectivity index (χ4v) is 3.91. The lowest BCUT2D eigenvalue weighted by atomic mass is 10.1. The molecule has 2 N–H and O–H groups in total. The van der Waals surface area contributed by atoms with E-state index in [-0.39, 0.29) is 11.0 Å². The summed E-state index contributed by atoms with van der Waals surface area (Å²) in [6.07, 6.45) is 3.98. The lowest BCUT2D eigenvalue weighted by Crippen LogP contribution is -2.43. The molecule has 1 aliphatic rings. The van der Waals surface area contributed by atoms with Crippen LogP contribution in [0.15, 0.2) is 94.7 Å². The second-order valence-electron chi connectivity index (χ2n) is 8.13. The van der Waals surface area contributed by atoms with E-state index in [1.807, 2.05) is 79.7 Å². The third-order valence-electron chi connectivity index (χ3n) is 5.60. The van der Waals surface area contributed by atoms with E-state index in [1.54, 1.807) is 12.3 Å². The van der Waals surface area contributed by atoms with E-state index >= 15 is 0 Å². The van der Waals surface area contributed by atoms with Gasteiger partial charge in [0, 0.05) is 18.7 Å². The summed E-state index contributed by atoms with van der Waals surface area (Å²) in [7, 11) is 0. The van der Waals surface area contributed by atoms with Crippen molar-refractivity contribution in [3.05, 3.63) is 107 Å². The van der Waals surface area contributed by atoms with Crippen LogP contribution in [0.3, 0.4) is 0 Å². The average Bonchev–Trinajstić information content (AvgIpc) is 3.16. The monoisotopic (exact) mass is 481 g/mol. The van der Waals surface area contributed by atoms with Crippen LogP contribution in [0.4, 0.5) is 5.69 Å². The average molecular weight is 482 g/mol. The lowest BCUT2D eigenvalue weighted by Gasteiger charge is -2.18. The molecule has 4 rings (SSSR count). The van der Waals surface area contributed by atoms with Crippen molar-refractivity contribution in [3.63, 3.8) is 0 Å². The molecular weight excluding hydrogens is 454 g/mol. The maximum atomic E-state index is 13.3. The quantitative estimate of drug-likeness (QED) is 0.208. The number of hydrogen-bond donors (Lipinski definition) is 2. The minimum Gasteiger partial charge on any atom is -0.384 e. The first-order valence-corrected chi connectivity index (χ1v) is 11.8. The molecule has 0 spiro atoms. The first-order chi connectivity index (χ1) is 17.0. The zero-order valence-electron chi connectivity index (χ0n) is 19.7. The molecule has 1 aliphatic heterocycles. The van der Waals surface area contributed by atoms with E-state index in [9.17, 15) is 4.79 Å². The predicted molar refractivity (Wildman–Crippen MR) is 147 cm³/mol. The smallest absolute Gasteiger partial charge is 0.284 e. The van der Waals surface area contributed by atoms with Gasteiger partial charge in [0.2, 0.25) is 5.11 Å². The highest BCUT2D eigenvalue weighted by atomic mass is 32.1. The fraction of sp³-hybridized carbons (Fsp3) is 0.143. The third kappa shape index (κ3) is 6.07. The van der Waals surface area contributed by atoms with Crippen molar-refractivity contribution in [2.45, 2.75) is 20.3 Å². The maximum absolute atomic E-state index is 13.3. The Kier molecular flexibility index (Phi) is 7.80. The van der Waals surface area contributed by atoms with Crippen LogP contribution in [0.1, 0.15) is 28.7 Å². The molecule has 0 saturated carbocycles. The molecule has 0 fully saturated rings. The largest absolute Gasteiger partial charge is 0.384 e. The van der Waals surface area contributed by atoms with Crippen LogP contribution in [-0.2, 0) is 4.79 Å². The third-order valence-corrected chi connectivity index (χ3v) is 5.87. The first-order valence-electron chi connectivity index (χ1n) is 11.4. The Morgan fingerprint density at radius 3 is 2.40 bits per heavy atom. The Morgan fingerprint density at radius 1 is 0.971 bits per heavy atom. The van der Waals surface area contributed by atoms with Crippen molar-refractivity contribution in [2.75, 3.05) is 11.9 Å². The van der Waals surface area contributed by atoms with E-state index < -0.39 is 0 Å². The molecule has 0 aliphatic carbocycles. The number of para-hydroxylation sites is 1. The van der Waals surface area contributed by atoms with Gasteiger partial charge in [-0.15, -0.1) is 0 Å². The Morgan fingerprint density at radius 2 is 1.66 bits per heavy atom. The zero-order valence-corrected chi connectivity index (χ0v) is 20.5.